The Hall–Kier alpha value is -3.60. The maximum absolute atomic E-state index is 12.5. The van der Waals surface area contributed by atoms with Gasteiger partial charge in [0.2, 0.25) is 0 Å². The van der Waals surface area contributed by atoms with E-state index in [0.717, 1.165) is 17.5 Å². The number of rotatable bonds is 11. The monoisotopic (exact) mass is 431 g/mol. The minimum absolute atomic E-state index is 0.223. The summed E-state index contributed by atoms with van der Waals surface area (Å²) in [4.78, 5) is 24.1. The zero-order valence-corrected chi connectivity index (χ0v) is 18.3. The smallest absolute Gasteiger partial charge is 0.326 e. The van der Waals surface area contributed by atoms with E-state index in [1.807, 2.05) is 30.3 Å². The van der Waals surface area contributed by atoms with Gasteiger partial charge in [-0.15, -0.1) is 0 Å². The molecule has 1 atom stereocenters. The molecule has 2 N–H and O–H groups in total. The van der Waals surface area contributed by atoms with Gasteiger partial charge in [0.1, 0.15) is 18.4 Å². The molecule has 0 aromatic heterocycles. The number of aryl methyl sites for hydroxylation is 1. The molecule has 0 radical (unpaired) electrons. The van der Waals surface area contributed by atoms with Crippen molar-refractivity contribution in [1.29, 1.82) is 0 Å². The molecule has 0 aliphatic heterocycles. The molecule has 0 bridgehead atoms. The zero-order chi connectivity index (χ0) is 22.8. The topological polar surface area (TPSA) is 75.6 Å². The van der Waals surface area contributed by atoms with Crippen molar-refractivity contribution in [2.24, 2.45) is 0 Å². The van der Waals surface area contributed by atoms with E-state index in [1.165, 1.54) is 18.4 Å². The highest BCUT2D eigenvalue weighted by molar-refractivity contribution is 5.96. The summed E-state index contributed by atoms with van der Waals surface area (Å²) in [6, 6.07) is 23.4. The van der Waals surface area contributed by atoms with Gasteiger partial charge in [-0.05, 0) is 53.8 Å². The third-order valence-corrected chi connectivity index (χ3v) is 5.25. The normalized spacial score (nSPS) is 11.5. The number of carbonyl (C=O) groups is 2. The summed E-state index contributed by atoms with van der Waals surface area (Å²) in [7, 11) is 0. The van der Waals surface area contributed by atoms with Crippen molar-refractivity contribution in [2.45, 2.75) is 45.3 Å². The molecular weight excluding hydrogens is 402 g/mol. The van der Waals surface area contributed by atoms with Crippen LogP contribution in [0.15, 0.2) is 78.9 Å². The van der Waals surface area contributed by atoms with Crippen molar-refractivity contribution in [2.75, 3.05) is 0 Å². The summed E-state index contributed by atoms with van der Waals surface area (Å²) in [5.74, 6) is -0.846. The number of benzene rings is 3. The predicted octanol–water partition coefficient (Wildman–Crippen LogP) is 5.03. The fraction of sp³-hybridized carbons (Fsp3) is 0.259. The molecule has 3 aromatic carbocycles. The Labute approximate surface area is 189 Å². The van der Waals surface area contributed by atoms with Crippen LogP contribution >= 0.6 is 0 Å². The largest absolute Gasteiger partial charge is 0.489 e. The summed E-state index contributed by atoms with van der Waals surface area (Å²) >= 11 is 0. The summed E-state index contributed by atoms with van der Waals surface area (Å²) in [6.45, 7) is 2.63. The Morgan fingerprint density at radius 3 is 2.16 bits per heavy atom. The van der Waals surface area contributed by atoms with Crippen molar-refractivity contribution in [1.82, 2.24) is 5.32 Å². The standard InChI is InChI=1S/C27H29NO4/c1-2-3-7-20-10-12-22(13-11-20)19-32-24-16-14-23(15-17-24)26(29)28-25(27(30)31)18-21-8-5-4-6-9-21/h4-6,8-17,25H,2-3,7,18-19H2,1H3,(H,28,29)(H,30,31)/t25-/m0/s1. The fourth-order valence-corrected chi connectivity index (χ4v) is 3.34. The van der Waals surface area contributed by atoms with Crippen LogP contribution < -0.4 is 10.1 Å². The molecule has 5 heteroatoms. The number of nitrogens with one attached hydrogen (secondary N) is 1. The van der Waals surface area contributed by atoms with E-state index >= 15 is 0 Å². The highest BCUT2D eigenvalue weighted by Gasteiger charge is 2.21. The molecule has 0 spiro atoms. The van der Waals surface area contributed by atoms with Crippen LogP contribution in [0.2, 0.25) is 0 Å². The first-order valence-electron chi connectivity index (χ1n) is 10.9. The number of aliphatic carboxylic acids is 1. The number of hydrogen-bond acceptors (Lipinski definition) is 3. The van der Waals surface area contributed by atoms with Gasteiger partial charge in [-0.1, -0.05) is 67.9 Å². The fourth-order valence-electron chi connectivity index (χ4n) is 3.34. The molecule has 32 heavy (non-hydrogen) atoms. The minimum atomic E-state index is -1.07. The molecule has 0 fully saturated rings. The van der Waals surface area contributed by atoms with Gasteiger partial charge in [0, 0.05) is 12.0 Å². The average molecular weight is 432 g/mol. The quantitative estimate of drug-likeness (QED) is 0.446. The van der Waals surface area contributed by atoms with Crippen molar-refractivity contribution in [3.63, 3.8) is 0 Å². The van der Waals surface area contributed by atoms with Gasteiger partial charge in [-0.3, -0.25) is 4.79 Å². The van der Waals surface area contributed by atoms with Crippen LogP contribution in [-0.2, 0) is 24.2 Å². The maximum atomic E-state index is 12.5. The van der Waals surface area contributed by atoms with Crippen LogP contribution in [0.1, 0.15) is 46.8 Å². The molecule has 0 unspecified atom stereocenters. The number of unbranched alkanes of at least 4 members (excludes halogenated alkanes) is 1. The Morgan fingerprint density at radius 2 is 1.53 bits per heavy atom. The first-order chi connectivity index (χ1) is 15.5. The highest BCUT2D eigenvalue weighted by Crippen LogP contribution is 2.16. The van der Waals surface area contributed by atoms with Gasteiger partial charge < -0.3 is 15.2 Å². The summed E-state index contributed by atoms with van der Waals surface area (Å²) in [6.07, 6.45) is 3.69. The highest BCUT2D eigenvalue weighted by atomic mass is 16.5. The molecule has 3 aromatic rings. The minimum Gasteiger partial charge on any atom is -0.489 e. The van der Waals surface area contributed by atoms with Crippen molar-refractivity contribution >= 4 is 11.9 Å². The van der Waals surface area contributed by atoms with Crippen molar-refractivity contribution in [3.8, 4) is 5.75 Å². The van der Waals surface area contributed by atoms with Crippen LogP contribution in [-0.4, -0.2) is 23.0 Å². The van der Waals surface area contributed by atoms with Gasteiger partial charge in [0.15, 0.2) is 0 Å². The first kappa shape index (κ1) is 23.1. The molecule has 3 rings (SSSR count). The van der Waals surface area contributed by atoms with E-state index in [2.05, 4.69) is 36.5 Å². The number of carbonyl (C=O) groups excluding carboxylic acids is 1. The second kappa shape index (κ2) is 11.7. The number of carboxylic acid groups (broad SMARTS) is 1. The number of hydrogen-bond donors (Lipinski definition) is 2. The van der Waals surface area contributed by atoms with Gasteiger partial charge in [-0.25, -0.2) is 4.79 Å². The number of ether oxygens (including phenoxy) is 1. The van der Waals surface area contributed by atoms with Crippen LogP contribution in [0, 0.1) is 0 Å². The lowest BCUT2D eigenvalue weighted by Crippen LogP contribution is -2.42. The molecule has 5 nitrogen and oxygen atoms in total. The van der Waals surface area contributed by atoms with E-state index in [9.17, 15) is 14.7 Å². The Morgan fingerprint density at radius 1 is 0.875 bits per heavy atom. The van der Waals surface area contributed by atoms with Gasteiger partial charge in [0.25, 0.3) is 5.91 Å². The molecule has 0 heterocycles. The molecule has 166 valence electrons. The summed E-state index contributed by atoms with van der Waals surface area (Å²) in [5, 5.41) is 12.1. The van der Waals surface area contributed by atoms with Crippen molar-refractivity contribution in [3.05, 3.63) is 101 Å². The maximum Gasteiger partial charge on any atom is 0.326 e. The lowest BCUT2D eigenvalue weighted by atomic mass is 10.1. The third-order valence-electron chi connectivity index (χ3n) is 5.25. The van der Waals surface area contributed by atoms with E-state index in [-0.39, 0.29) is 6.42 Å². The molecule has 1 amide bonds. The second-order valence-electron chi connectivity index (χ2n) is 7.79. The van der Waals surface area contributed by atoms with Crippen LogP contribution in [0.25, 0.3) is 0 Å². The van der Waals surface area contributed by atoms with Crippen LogP contribution in [0.3, 0.4) is 0 Å². The first-order valence-corrected chi connectivity index (χ1v) is 10.9. The third kappa shape index (κ3) is 6.98. The average Bonchev–Trinajstić information content (AvgIpc) is 2.82. The van der Waals surface area contributed by atoms with Gasteiger partial charge in [-0.2, -0.15) is 0 Å². The van der Waals surface area contributed by atoms with Crippen LogP contribution in [0.4, 0.5) is 0 Å². The van der Waals surface area contributed by atoms with Gasteiger partial charge in [0.05, 0.1) is 0 Å². The molecule has 0 aliphatic rings. The zero-order valence-electron chi connectivity index (χ0n) is 18.3. The molecule has 0 saturated heterocycles. The summed E-state index contributed by atoms with van der Waals surface area (Å²) in [5.41, 5.74) is 3.65. The molecule has 0 saturated carbocycles. The Bertz CT molecular complexity index is 998. The second-order valence-corrected chi connectivity index (χ2v) is 7.79. The Kier molecular flexibility index (Phi) is 8.44. The lowest BCUT2D eigenvalue weighted by Gasteiger charge is -2.15. The number of carboxylic acids is 1. The SMILES string of the molecule is CCCCc1ccc(COc2ccc(C(=O)N[C@@H](Cc3ccccc3)C(=O)O)cc2)cc1. The van der Waals surface area contributed by atoms with E-state index in [0.29, 0.717) is 17.9 Å². The van der Waals surface area contributed by atoms with Gasteiger partial charge >= 0.3 is 5.97 Å². The number of amides is 1. The van der Waals surface area contributed by atoms with E-state index in [1.54, 1.807) is 24.3 Å². The lowest BCUT2D eigenvalue weighted by molar-refractivity contribution is -0.139. The summed E-state index contributed by atoms with van der Waals surface area (Å²) < 4.78 is 5.82. The Balaban J connectivity index is 1.53. The van der Waals surface area contributed by atoms with E-state index in [4.69, 9.17) is 4.74 Å². The van der Waals surface area contributed by atoms with Crippen LogP contribution in [0.5, 0.6) is 5.75 Å². The molecule has 0 aliphatic carbocycles. The predicted molar refractivity (Wildman–Crippen MR) is 125 cm³/mol. The van der Waals surface area contributed by atoms with Crippen molar-refractivity contribution < 1.29 is 19.4 Å². The van der Waals surface area contributed by atoms with E-state index < -0.39 is 17.9 Å². The molecular formula is C27H29NO4.